The van der Waals surface area contributed by atoms with Gasteiger partial charge in [0.25, 0.3) is 0 Å². The summed E-state index contributed by atoms with van der Waals surface area (Å²) in [6.07, 6.45) is 1.95. The van der Waals surface area contributed by atoms with Crippen LogP contribution in [-0.4, -0.2) is 21.0 Å². The third kappa shape index (κ3) is 3.89. The molecule has 1 aromatic carbocycles. The van der Waals surface area contributed by atoms with Crippen LogP contribution in [0.15, 0.2) is 23.1 Å². The zero-order valence-corrected chi connectivity index (χ0v) is 12.2. The smallest absolute Gasteiger partial charge is 0.243 e. The molecule has 1 aliphatic rings. The highest BCUT2D eigenvalue weighted by atomic mass is 35.5. The summed E-state index contributed by atoms with van der Waals surface area (Å²) in [6, 6.07) is 3.74. The van der Waals surface area contributed by atoms with Gasteiger partial charge in [-0.25, -0.2) is 17.5 Å². The highest BCUT2D eigenvalue weighted by Crippen LogP contribution is 2.33. The number of benzene rings is 1. The lowest BCUT2D eigenvalue weighted by atomic mass is 10.2. The van der Waals surface area contributed by atoms with E-state index in [9.17, 15) is 12.8 Å². The molecule has 0 saturated heterocycles. The van der Waals surface area contributed by atoms with Gasteiger partial charge in [0.1, 0.15) is 10.7 Å². The molecule has 0 spiro atoms. The second-order valence-electron chi connectivity index (χ2n) is 4.73. The van der Waals surface area contributed by atoms with Crippen LogP contribution < -0.4 is 10.5 Å². The largest absolute Gasteiger partial charge is 0.329 e. The van der Waals surface area contributed by atoms with Gasteiger partial charge in [0.05, 0.1) is 0 Å². The molecule has 3 N–H and O–H groups in total. The summed E-state index contributed by atoms with van der Waals surface area (Å²) in [5.74, 6) is -0.447. The Morgan fingerprint density at radius 3 is 2.63 bits per heavy atom. The molecule has 1 unspecified atom stereocenters. The van der Waals surface area contributed by atoms with Gasteiger partial charge in [-0.05, 0) is 43.4 Å². The standard InChI is InChI=1S/C12H17FN2O2S.ClH/c1-8-2-5-10(13)12(6-8)18(16,17)15-11(7-14)9-3-4-9;/h2,5-6,9,11,15H,3-4,7,14H2,1H3;1H. The highest BCUT2D eigenvalue weighted by molar-refractivity contribution is 7.89. The SMILES string of the molecule is Cc1ccc(F)c(S(=O)(=O)NC(CN)C2CC2)c1.Cl. The van der Waals surface area contributed by atoms with E-state index in [1.54, 1.807) is 6.92 Å². The fourth-order valence-corrected chi connectivity index (χ4v) is 3.39. The van der Waals surface area contributed by atoms with Crippen molar-refractivity contribution in [1.29, 1.82) is 0 Å². The molecule has 0 aromatic heterocycles. The first kappa shape index (κ1) is 16.4. The Bertz CT molecular complexity index is 547. The number of hydrogen-bond donors (Lipinski definition) is 2. The van der Waals surface area contributed by atoms with Crippen LogP contribution in [0.3, 0.4) is 0 Å². The molecule has 1 atom stereocenters. The van der Waals surface area contributed by atoms with Gasteiger partial charge in [-0.3, -0.25) is 0 Å². The molecule has 1 aromatic rings. The maximum absolute atomic E-state index is 13.6. The first-order valence-corrected chi connectivity index (χ1v) is 7.41. The van der Waals surface area contributed by atoms with Gasteiger partial charge >= 0.3 is 0 Å². The molecule has 0 radical (unpaired) electrons. The van der Waals surface area contributed by atoms with E-state index in [0.717, 1.165) is 12.8 Å². The Morgan fingerprint density at radius 1 is 1.47 bits per heavy atom. The van der Waals surface area contributed by atoms with Crippen LogP contribution in [0.1, 0.15) is 18.4 Å². The summed E-state index contributed by atoms with van der Waals surface area (Å²) < 4.78 is 40.3. The van der Waals surface area contributed by atoms with Crippen molar-refractivity contribution < 1.29 is 12.8 Å². The van der Waals surface area contributed by atoms with Crippen LogP contribution in [0.25, 0.3) is 0 Å². The lowest BCUT2D eigenvalue weighted by molar-refractivity contribution is 0.511. The Labute approximate surface area is 119 Å². The minimum absolute atomic E-state index is 0. The van der Waals surface area contributed by atoms with Gasteiger partial charge < -0.3 is 5.73 Å². The maximum atomic E-state index is 13.6. The van der Waals surface area contributed by atoms with Crippen LogP contribution >= 0.6 is 12.4 Å². The number of nitrogens with one attached hydrogen (secondary N) is 1. The van der Waals surface area contributed by atoms with Crippen LogP contribution in [-0.2, 0) is 10.0 Å². The second-order valence-corrected chi connectivity index (χ2v) is 6.42. The van der Waals surface area contributed by atoms with Crippen molar-refractivity contribution in [1.82, 2.24) is 4.72 Å². The average Bonchev–Trinajstić information content (AvgIpc) is 3.13. The molecule has 1 saturated carbocycles. The zero-order valence-electron chi connectivity index (χ0n) is 10.6. The summed E-state index contributed by atoms with van der Waals surface area (Å²) >= 11 is 0. The average molecular weight is 309 g/mol. The van der Waals surface area contributed by atoms with Crippen molar-refractivity contribution in [2.75, 3.05) is 6.54 Å². The Kier molecular flexibility index (Phi) is 5.32. The second kappa shape index (κ2) is 6.17. The first-order chi connectivity index (χ1) is 8.44. The van der Waals surface area contributed by atoms with E-state index in [-0.39, 0.29) is 35.8 Å². The van der Waals surface area contributed by atoms with Crippen molar-refractivity contribution in [3.8, 4) is 0 Å². The minimum Gasteiger partial charge on any atom is -0.329 e. The van der Waals surface area contributed by atoms with E-state index < -0.39 is 15.8 Å². The van der Waals surface area contributed by atoms with Crippen LogP contribution in [0, 0.1) is 18.7 Å². The number of halogens is 2. The molecule has 108 valence electrons. The van der Waals surface area contributed by atoms with E-state index in [4.69, 9.17) is 5.73 Å². The predicted molar refractivity (Wildman–Crippen MR) is 74.3 cm³/mol. The summed E-state index contributed by atoms with van der Waals surface area (Å²) in [7, 11) is -3.83. The molecule has 19 heavy (non-hydrogen) atoms. The maximum Gasteiger partial charge on any atom is 0.243 e. The highest BCUT2D eigenvalue weighted by Gasteiger charge is 2.34. The Morgan fingerprint density at radius 2 is 2.11 bits per heavy atom. The number of sulfonamides is 1. The Hall–Kier alpha value is -0.690. The summed E-state index contributed by atoms with van der Waals surface area (Å²) in [4.78, 5) is -0.304. The molecule has 7 heteroatoms. The lowest BCUT2D eigenvalue weighted by Gasteiger charge is -2.16. The summed E-state index contributed by atoms with van der Waals surface area (Å²) in [5, 5.41) is 0. The molecule has 4 nitrogen and oxygen atoms in total. The number of hydrogen-bond acceptors (Lipinski definition) is 3. The Balaban J connectivity index is 0.00000180. The number of aryl methyl sites for hydroxylation is 1. The molecular weight excluding hydrogens is 291 g/mol. The summed E-state index contributed by atoms with van der Waals surface area (Å²) in [6.45, 7) is 1.96. The van der Waals surface area contributed by atoms with Gasteiger partial charge in [0.15, 0.2) is 0 Å². The van der Waals surface area contributed by atoms with Gasteiger partial charge in [0, 0.05) is 12.6 Å². The van der Waals surface area contributed by atoms with Gasteiger partial charge in [-0.1, -0.05) is 6.07 Å². The molecule has 2 rings (SSSR count). The van der Waals surface area contributed by atoms with Crippen molar-refractivity contribution in [2.24, 2.45) is 11.7 Å². The van der Waals surface area contributed by atoms with Crippen molar-refractivity contribution >= 4 is 22.4 Å². The van der Waals surface area contributed by atoms with Gasteiger partial charge in [0.2, 0.25) is 10.0 Å². The normalized spacial score (nSPS) is 16.8. The van der Waals surface area contributed by atoms with E-state index in [2.05, 4.69) is 4.72 Å². The molecule has 0 bridgehead atoms. The predicted octanol–water partition coefficient (Wildman–Crippen LogP) is 1.57. The van der Waals surface area contributed by atoms with Gasteiger partial charge in [-0.15, -0.1) is 12.4 Å². The molecule has 0 heterocycles. The molecule has 0 amide bonds. The molecular formula is C12H18ClFN2O2S. The topological polar surface area (TPSA) is 72.2 Å². The third-order valence-corrected chi connectivity index (χ3v) is 4.63. The van der Waals surface area contributed by atoms with Crippen LogP contribution in [0.2, 0.25) is 0 Å². The molecule has 0 aliphatic heterocycles. The lowest BCUT2D eigenvalue weighted by Crippen LogP contribution is -2.41. The van der Waals surface area contributed by atoms with Gasteiger partial charge in [-0.2, -0.15) is 0 Å². The fourth-order valence-electron chi connectivity index (χ4n) is 1.91. The number of rotatable bonds is 5. The first-order valence-electron chi connectivity index (χ1n) is 5.92. The van der Waals surface area contributed by atoms with Crippen molar-refractivity contribution in [3.63, 3.8) is 0 Å². The van der Waals surface area contributed by atoms with E-state index >= 15 is 0 Å². The van der Waals surface area contributed by atoms with E-state index in [0.29, 0.717) is 5.56 Å². The fraction of sp³-hybridized carbons (Fsp3) is 0.500. The number of nitrogens with two attached hydrogens (primary N) is 1. The monoisotopic (exact) mass is 308 g/mol. The summed E-state index contributed by atoms with van der Waals surface area (Å²) in [5.41, 5.74) is 6.25. The van der Waals surface area contributed by atoms with E-state index in [1.807, 2.05) is 0 Å². The molecule has 1 fully saturated rings. The van der Waals surface area contributed by atoms with Crippen molar-refractivity contribution in [2.45, 2.75) is 30.7 Å². The zero-order chi connectivity index (χ0) is 13.3. The minimum atomic E-state index is -3.83. The molecule has 1 aliphatic carbocycles. The van der Waals surface area contributed by atoms with Crippen molar-refractivity contribution in [3.05, 3.63) is 29.6 Å². The van der Waals surface area contributed by atoms with Crippen LogP contribution in [0.5, 0.6) is 0 Å². The third-order valence-electron chi connectivity index (χ3n) is 3.13. The quantitative estimate of drug-likeness (QED) is 0.867. The van der Waals surface area contributed by atoms with E-state index in [1.165, 1.54) is 18.2 Å². The van der Waals surface area contributed by atoms with Crippen LogP contribution in [0.4, 0.5) is 4.39 Å².